The van der Waals surface area contributed by atoms with Crippen molar-refractivity contribution < 1.29 is 59.8 Å². The predicted octanol–water partition coefficient (Wildman–Crippen LogP) is 8.16. The van der Waals surface area contributed by atoms with Crippen LogP contribution in [0.2, 0.25) is 0 Å². The topological polar surface area (TPSA) is 233 Å². The van der Waals surface area contributed by atoms with Crippen LogP contribution in [-0.2, 0) is 55.0 Å². The van der Waals surface area contributed by atoms with Crippen molar-refractivity contribution in [3.8, 4) is 23.0 Å². The molecule has 2 N–H and O–H groups in total. The van der Waals surface area contributed by atoms with Gasteiger partial charge in [0.15, 0.2) is 28.8 Å². The molecule has 0 saturated heterocycles. The fraction of sp³-hybridized carbons (Fsp3) is 0.183. The number of amides is 3. The van der Waals surface area contributed by atoms with Crippen molar-refractivity contribution in [1.29, 1.82) is 0 Å². The molecule has 81 heavy (non-hydrogen) atoms. The maximum Gasteiger partial charge on any atom is 0.277 e. The number of hydroxylamine groups is 2. The normalized spacial score (nSPS) is 13.3. The van der Waals surface area contributed by atoms with Crippen molar-refractivity contribution >= 4 is 65.4 Å². The number of aromatic nitrogens is 3. The number of carbonyl (C=O) groups excluding carboxylic acids is 4. The zero-order valence-corrected chi connectivity index (χ0v) is 46.3. The molecule has 0 radical (unpaired) electrons. The molecule has 5 heterocycles. The third kappa shape index (κ3) is 11.4. The first kappa shape index (κ1) is 55.0. The van der Waals surface area contributed by atoms with Gasteiger partial charge in [-0.25, -0.2) is 31.3 Å². The van der Waals surface area contributed by atoms with E-state index in [0.29, 0.717) is 78.4 Å². The van der Waals surface area contributed by atoms with Gasteiger partial charge >= 0.3 is 0 Å². The van der Waals surface area contributed by atoms with E-state index in [4.69, 9.17) is 23.8 Å². The molecule has 19 nitrogen and oxygen atoms in total. The van der Waals surface area contributed by atoms with Crippen LogP contribution in [0.25, 0.3) is 21.8 Å². The van der Waals surface area contributed by atoms with Crippen molar-refractivity contribution in [3.63, 3.8) is 0 Å². The van der Waals surface area contributed by atoms with Gasteiger partial charge in [0.2, 0.25) is 25.4 Å². The highest BCUT2D eigenvalue weighted by Crippen LogP contribution is 2.41. The largest absolute Gasteiger partial charge is 0.454 e. The fourth-order valence-electron chi connectivity index (χ4n) is 9.70. The number of nitrogens with one attached hydrogen (secondary N) is 2. The van der Waals surface area contributed by atoms with Crippen LogP contribution in [0, 0.1) is 13.8 Å². The standard InChI is InChI=1S/C32H27N3O6S.C28H27N3O7S/c1-20-6-10-24(11-7-20)42(38,39)34-32(37)31(22-9-13-29-30(16-22)41-19-40-29)26-18-35(2)27-15-21(8-12-25(26)27)28(36)17-23-5-3-4-14-33-23;1-17-5-9-20(10-6-17)39(34,35)29-27(32)26(18-8-12-24-25(14-18)38-16-37-24)22-15-30(2)23-13-19(7-11-21(22)23)28(33)31(3)36-4/h3-16,18,31H,17,19H2,1-2H3,(H,34,37);5-15,26H,16H2,1-4H3,(H,29,32). The number of ketones is 1. The number of ether oxygens (including phenoxy) is 4. The summed E-state index contributed by atoms with van der Waals surface area (Å²) in [4.78, 5) is 62.6. The Bertz CT molecular complexity index is 4160. The number of carbonyl (C=O) groups is 4. The molecule has 0 aliphatic carbocycles. The third-order valence-electron chi connectivity index (χ3n) is 14.0. The first-order valence-corrected chi connectivity index (χ1v) is 28.2. The number of Topliss-reactive ketones (excluding diaryl/α,β-unsaturated/α-hetero) is 1. The second kappa shape index (κ2) is 22.4. The lowest BCUT2D eigenvalue weighted by atomic mass is 9.89. The molecule has 9 aromatic rings. The van der Waals surface area contributed by atoms with E-state index < -0.39 is 43.7 Å². The van der Waals surface area contributed by atoms with E-state index >= 15 is 0 Å². The molecule has 2 aliphatic heterocycles. The number of rotatable bonds is 15. The molecule has 21 heteroatoms. The first-order valence-electron chi connectivity index (χ1n) is 25.3. The summed E-state index contributed by atoms with van der Waals surface area (Å²) < 4.78 is 82.8. The Kier molecular flexibility index (Phi) is 15.2. The van der Waals surface area contributed by atoms with Crippen LogP contribution >= 0.6 is 0 Å². The minimum absolute atomic E-state index is 0.0140. The summed E-state index contributed by atoms with van der Waals surface area (Å²) >= 11 is 0. The van der Waals surface area contributed by atoms with E-state index in [1.807, 2.05) is 31.5 Å². The van der Waals surface area contributed by atoms with E-state index in [2.05, 4.69) is 14.4 Å². The van der Waals surface area contributed by atoms with Gasteiger partial charge in [0, 0.05) is 78.4 Å². The van der Waals surface area contributed by atoms with E-state index in [9.17, 15) is 36.0 Å². The lowest BCUT2D eigenvalue weighted by Gasteiger charge is -2.18. The molecule has 0 saturated carbocycles. The summed E-state index contributed by atoms with van der Waals surface area (Å²) in [5.41, 5.74) is 6.94. The Morgan fingerprint density at radius 1 is 0.593 bits per heavy atom. The Labute approximate surface area is 466 Å². The Morgan fingerprint density at radius 2 is 1.05 bits per heavy atom. The van der Waals surface area contributed by atoms with Gasteiger partial charge in [-0.15, -0.1) is 0 Å². The molecular weight excluding hydrogens is 1080 g/mol. The number of sulfonamides is 2. The van der Waals surface area contributed by atoms with E-state index in [-0.39, 0.29) is 41.5 Å². The molecule has 414 valence electrons. The van der Waals surface area contributed by atoms with Crippen LogP contribution in [-0.4, -0.2) is 87.3 Å². The summed E-state index contributed by atoms with van der Waals surface area (Å²) in [5.74, 6) is -1.92. The van der Waals surface area contributed by atoms with Crippen LogP contribution in [0.15, 0.2) is 168 Å². The van der Waals surface area contributed by atoms with Crippen LogP contribution in [0.1, 0.15) is 71.6 Å². The highest BCUT2D eigenvalue weighted by atomic mass is 32.2. The van der Waals surface area contributed by atoms with Crippen molar-refractivity contribution in [2.45, 2.75) is 41.9 Å². The summed E-state index contributed by atoms with van der Waals surface area (Å²) in [7, 11) is -1.79. The summed E-state index contributed by atoms with van der Waals surface area (Å²) in [6.07, 6.45) is 5.34. The molecule has 3 amide bonds. The molecule has 0 spiro atoms. The van der Waals surface area contributed by atoms with Crippen molar-refractivity contribution in [1.82, 2.24) is 28.6 Å². The number of aryl methyl sites for hydroxylation is 4. The Balaban J connectivity index is 0.000000182. The first-order chi connectivity index (χ1) is 38.8. The zero-order chi connectivity index (χ0) is 57.3. The predicted molar refractivity (Wildman–Crippen MR) is 299 cm³/mol. The van der Waals surface area contributed by atoms with Gasteiger partial charge in [-0.1, -0.05) is 71.8 Å². The van der Waals surface area contributed by atoms with E-state index in [0.717, 1.165) is 21.7 Å². The molecule has 2 atom stereocenters. The minimum Gasteiger partial charge on any atom is -0.454 e. The lowest BCUT2D eigenvalue weighted by Crippen LogP contribution is -2.35. The lowest BCUT2D eigenvalue weighted by molar-refractivity contribution is -0.120. The molecule has 11 rings (SSSR count). The van der Waals surface area contributed by atoms with Crippen LogP contribution in [0.3, 0.4) is 0 Å². The maximum atomic E-state index is 13.9. The minimum atomic E-state index is -4.16. The third-order valence-corrected chi connectivity index (χ3v) is 16.7. The van der Waals surface area contributed by atoms with Gasteiger partial charge in [-0.05, 0) is 115 Å². The highest BCUT2D eigenvalue weighted by molar-refractivity contribution is 7.90. The van der Waals surface area contributed by atoms with Gasteiger partial charge in [0.1, 0.15) is 0 Å². The average Bonchev–Trinajstić information content (AvgIpc) is 4.29. The van der Waals surface area contributed by atoms with Gasteiger partial charge in [-0.2, -0.15) is 0 Å². The second-order valence-corrected chi connectivity index (χ2v) is 22.8. The number of nitrogens with zero attached hydrogens (tertiary/aromatic N) is 4. The van der Waals surface area contributed by atoms with Gasteiger partial charge in [-0.3, -0.25) is 29.0 Å². The fourth-order valence-corrected chi connectivity index (χ4v) is 11.7. The molecule has 2 aliphatic rings. The van der Waals surface area contributed by atoms with E-state index in [1.54, 1.807) is 139 Å². The van der Waals surface area contributed by atoms with Crippen LogP contribution in [0.4, 0.5) is 0 Å². The average molecular weight is 1130 g/mol. The van der Waals surface area contributed by atoms with Crippen molar-refractivity contribution in [2.24, 2.45) is 14.1 Å². The van der Waals surface area contributed by atoms with Crippen molar-refractivity contribution in [3.05, 3.63) is 208 Å². The van der Waals surface area contributed by atoms with Gasteiger partial charge < -0.3 is 28.1 Å². The zero-order valence-electron chi connectivity index (χ0n) is 44.7. The second-order valence-electron chi connectivity index (χ2n) is 19.4. The Hall–Kier alpha value is -9.31. The summed E-state index contributed by atoms with van der Waals surface area (Å²) in [6, 6.07) is 38.5. The molecule has 0 fully saturated rings. The number of fused-ring (bicyclic) bond motifs is 4. The number of pyridine rings is 1. The van der Waals surface area contributed by atoms with Crippen molar-refractivity contribution in [2.75, 3.05) is 27.7 Å². The summed E-state index contributed by atoms with van der Waals surface area (Å²) in [5, 5.41) is 2.50. The van der Waals surface area contributed by atoms with E-state index in [1.165, 1.54) is 38.4 Å². The molecular formula is C60H54N6O13S2. The van der Waals surface area contributed by atoms with Gasteiger partial charge in [0.25, 0.3) is 26.0 Å². The Morgan fingerprint density at radius 3 is 1.51 bits per heavy atom. The molecule has 0 bridgehead atoms. The maximum absolute atomic E-state index is 13.9. The number of hydrogen-bond acceptors (Lipinski definition) is 14. The van der Waals surface area contributed by atoms with Crippen LogP contribution in [0.5, 0.6) is 23.0 Å². The van der Waals surface area contributed by atoms with Crippen LogP contribution < -0.4 is 28.4 Å². The SMILES string of the molecule is CON(C)C(=O)c1ccc2c(C(C(=O)NS(=O)(=O)c3ccc(C)cc3)c3ccc4c(c3)OCO4)cn(C)c2c1.Cc1ccc(S(=O)(=O)NC(=O)C(c2ccc3c(c2)OCO3)c2cn(C)c3cc(C(=O)Cc4ccccn4)ccc23)cc1. The number of benzene rings is 6. The molecule has 2 unspecified atom stereocenters. The molecule has 6 aromatic carbocycles. The monoisotopic (exact) mass is 1130 g/mol. The van der Waals surface area contributed by atoms with Gasteiger partial charge in [0.05, 0.1) is 35.2 Å². The number of hydrogen-bond donors (Lipinski definition) is 2. The smallest absolute Gasteiger partial charge is 0.277 e. The quantitative estimate of drug-likeness (QED) is 0.0729. The highest BCUT2D eigenvalue weighted by Gasteiger charge is 2.34. The molecule has 3 aromatic heterocycles. The summed E-state index contributed by atoms with van der Waals surface area (Å²) in [6.45, 7) is 3.81.